The molecule has 1 aromatic heterocycles. The van der Waals surface area contributed by atoms with Crippen LogP contribution in [0.2, 0.25) is 0 Å². The largest absolute Gasteiger partial charge is 0.468 e. The molecule has 0 radical (unpaired) electrons. The lowest BCUT2D eigenvalue weighted by Gasteiger charge is -2.19. The summed E-state index contributed by atoms with van der Waals surface area (Å²) in [5.74, 6) is 1.14. The quantitative estimate of drug-likeness (QED) is 0.868. The minimum Gasteiger partial charge on any atom is -0.468 e. The average Bonchev–Trinajstić information content (AvgIpc) is 3.14. The molecule has 100 valence electrons. The van der Waals surface area contributed by atoms with E-state index in [0.29, 0.717) is 0 Å². The summed E-state index contributed by atoms with van der Waals surface area (Å²) in [5.41, 5.74) is 1.38. The molecule has 1 aliphatic carbocycles. The summed E-state index contributed by atoms with van der Waals surface area (Å²) in [6.07, 6.45) is 10.0. The number of rotatable bonds is 5. The Bertz CT molecular complexity index is 362. The summed E-state index contributed by atoms with van der Waals surface area (Å²) in [5, 5.41) is 3.54. The topological polar surface area (TPSA) is 28.4 Å². The van der Waals surface area contributed by atoms with Gasteiger partial charge in [-0.2, -0.15) is 0 Å². The Kier molecular flexibility index (Phi) is 4.01. The lowest BCUT2D eigenvalue weighted by atomic mass is 10.2. The van der Waals surface area contributed by atoms with Crippen molar-refractivity contribution in [2.75, 3.05) is 13.1 Å². The zero-order chi connectivity index (χ0) is 12.2. The molecule has 3 nitrogen and oxygen atoms in total. The van der Waals surface area contributed by atoms with Crippen LogP contribution in [0.1, 0.15) is 49.8 Å². The van der Waals surface area contributed by atoms with Crippen LogP contribution < -0.4 is 5.32 Å². The second kappa shape index (κ2) is 5.89. The van der Waals surface area contributed by atoms with Crippen molar-refractivity contribution in [3.05, 3.63) is 23.7 Å². The van der Waals surface area contributed by atoms with Crippen molar-refractivity contribution in [3.8, 4) is 0 Å². The highest BCUT2D eigenvalue weighted by atomic mass is 16.3. The van der Waals surface area contributed by atoms with Crippen molar-refractivity contribution in [1.29, 1.82) is 0 Å². The molecule has 1 aliphatic heterocycles. The Hall–Kier alpha value is -0.800. The highest BCUT2D eigenvalue weighted by molar-refractivity contribution is 5.17. The Morgan fingerprint density at radius 1 is 1.17 bits per heavy atom. The zero-order valence-electron chi connectivity index (χ0n) is 11.2. The first-order valence-electron chi connectivity index (χ1n) is 7.43. The van der Waals surface area contributed by atoms with Gasteiger partial charge in [0.2, 0.25) is 0 Å². The third-order valence-corrected chi connectivity index (χ3v) is 4.06. The van der Waals surface area contributed by atoms with E-state index >= 15 is 0 Å². The number of likely N-dealkylation sites (tertiary alicyclic amines) is 1. The number of nitrogens with zero attached hydrogens (tertiary/aromatic N) is 1. The van der Waals surface area contributed by atoms with Crippen molar-refractivity contribution in [2.24, 2.45) is 0 Å². The molecule has 18 heavy (non-hydrogen) atoms. The molecule has 1 aromatic rings. The Balaban J connectivity index is 1.55. The maximum atomic E-state index is 5.63. The molecule has 1 N–H and O–H groups in total. The zero-order valence-corrected chi connectivity index (χ0v) is 11.2. The van der Waals surface area contributed by atoms with E-state index in [4.69, 9.17) is 4.42 Å². The number of nitrogens with one attached hydrogen (secondary N) is 1. The summed E-state index contributed by atoms with van der Waals surface area (Å²) >= 11 is 0. The van der Waals surface area contributed by atoms with Gasteiger partial charge in [0.1, 0.15) is 5.76 Å². The van der Waals surface area contributed by atoms with Gasteiger partial charge in [-0.1, -0.05) is 12.8 Å². The first kappa shape index (κ1) is 12.2. The molecule has 1 saturated heterocycles. The van der Waals surface area contributed by atoms with Crippen molar-refractivity contribution >= 4 is 0 Å². The standard InChI is InChI=1S/C15H24N2O/c1-2-4-9-17(8-3-1)12-13-7-10-18-15(13)11-16-14-5-6-14/h7,10,14,16H,1-6,8-9,11-12H2. The molecule has 2 heterocycles. The average molecular weight is 248 g/mol. The van der Waals surface area contributed by atoms with E-state index in [2.05, 4.69) is 16.3 Å². The lowest BCUT2D eigenvalue weighted by molar-refractivity contribution is 0.274. The number of hydrogen-bond donors (Lipinski definition) is 1. The van der Waals surface area contributed by atoms with E-state index in [1.54, 1.807) is 0 Å². The highest BCUT2D eigenvalue weighted by Crippen LogP contribution is 2.21. The normalized spacial score (nSPS) is 22.0. The molecule has 0 unspecified atom stereocenters. The minimum absolute atomic E-state index is 0.751. The van der Waals surface area contributed by atoms with Gasteiger partial charge in [-0.05, 0) is 44.8 Å². The molecule has 0 bridgehead atoms. The minimum atomic E-state index is 0.751. The highest BCUT2D eigenvalue weighted by Gasteiger charge is 2.21. The summed E-state index contributed by atoms with van der Waals surface area (Å²) in [6.45, 7) is 4.47. The van der Waals surface area contributed by atoms with Crippen molar-refractivity contribution in [2.45, 2.75) is 57.7 Å². The van der Waals surface area contributed by atoms with Gasteiger partial charge in [-0.25, -0.2) is 0 Å². The van der Waals surface area contributed by atoms with Gasteiger partial charge in [-0.3, -0.25) is 4.90 Å². The van der Waals surface area contributed by atoms with Gasteiger partial charge < -0.3 is 9.73 Å². The van der Waals surface area contributed by atoms with Crippen LogP contribution in [0.3, 0.4) is 0 Å². The van der Waals surface area contributed by atoms with Crippen LogP contribution in [0.25, 0.3) is 0 Å². The molecule has 0 spiro atoms. The van der Waals surface area contributed by atoms with Gasteiger partial charge >= 0.3 is 0 Å². The SMILES string of the molecule is c1cc(CN2CCCCCC2)c(CNC2CC2)o1. The van der Waals surface area contributed by atoms with Crippen LogP contribution in [-0.4, -0.2) is 24.0 Å². The smallest absolute Gasteiger partial charge is 0.122 e. The second-order valence-electron chi connectivity index (χ2n) is 5.71. The second-order valence-corrected chi connectivity index (χ2v) is 5.71. The maximum absolute atomic E-state index is 5.63. The van der Waals surface area contributed by atoms with Gasteiger partial charge in [0, 0.05) is 18.2 Å². The molecule has 0 aromatic carbocycles. The van der Waals surface area contributed by atoms with Crippen LogP contribution >= 0.6 is 0 Å². The number of furan rings is 1. The van der Waals surface area contributed by atoms with E-state index in [-0.39, 0.29) is 0 Å². The van der Waals surface area contributed by atoms with Gasteiger partial charge in [0.25, 0.3) is 0 Å². The molecule has 2 fully saturated rings. The van der Waals surface area contributed by atoms with E-state index in [1.807, 2.05) is 6.26 Å². The summed E-state index contributed by atoms with van der Waals surface area (Å²) < 4.78 is 5.63. The Labute approximate surface area is 110 Å². The van der Waals surface area contributed by atoms with Crippen LogP contribution in [0, 0.1) is 0 Å². The third kappa shape index (κ3) is 3.36. The Morgan fingerprint density at radius 2 is 1.94 bits per heavy atom. The lowest BCUT2D eigenvalue weighted by Crippen LogP contribution is -2.25. The fourth-order valence-electron chi connectivity index (χ4n) is 2.72. The summed E-state index contributed by atoms with van der Waals surface area (Å²) in [6, 6.07) is 2.90. The maximum Gasteiger partial charge on any atom is 0.122 e. The molecule has 2 aliphatic rings. The van der Waals surface area contributed by atoms with Gasteiger partial charge in [-0.15, -0.1) is 0 Å². The van der Waals surface area contributed by atoms with Crippen LogP contribution in [-0.2, 0) is 13.1 Å². The first-order valence-corrected chi connectivity index (χ1v) is 7.43. The Morgan fingerprint density at radius 3 is 2.67 bits per heavy atom. The molecule has 0 amide bonds. The summed E-state index contributed by atoms with van der Waals surface area (Å²) in [4.78, 5) is 2.58. The van der Waals surface area contributed by atoms with E-state index in [1.165, 1.54) is 57.2 Å². The molecule has 3 rings (SSSR count). The van der Waals surface area contributed by atoms with E-state index in [0.717, 1.165) is 24.9 Å². The fourth-order valence-corrected chi connectivity index (χ4v) is 2.72. The number of hydrogen-bond acceptors (Lipinski definition) is 3. The van der Waals surface area contributed by atoms with Gasteiger partial charge in [0.15, 0.2) is 0 Å². The van der Waals surface area contributed by atoms with Crippen molar-refractivity contribution < 1.29 is 4.42 Å². The molecule has 3 heteroatoms. The molecular weight excluding hydrogens is 224 g/mol. The van der Waals surface area contributed by atoms with Crippen LogP contribution in [0.15, 0.2) is 16.7 Å². The molecule has 0 atom stereocenters. The van der Waals surface area contributed by atoms with Crippen molar-refractivity contribution in [1.82, 2.24) is 10.2 Å². The van der Waals surface area contributed by atoms with Gasteiger partial charge in [0.05, 0.1) is 12.8 Å². The monoisotopic (exact) mass is 248 g/mol. The van der Waals surface area contributed by atoms with Crippen LogP contribution in [0.4, 0.5) is 0 Å². The van der Waals surface area contributed by atoms with E-state index < -0.39 is 0 Å². The van der Waals surface area contributed by atoms with Crippen molar-refractivity contribution in [3.63, 3.8) is 0 Å². The van der Waals surface area contributed by atoms with E-state index in [9.17, 15) is 0 Å². The van der Waals surface area contributed by atoms with Crippen LogP contribution in [0.5, 0.6) is 0 Å². The molecule has 1 saturated carbocycles. The molecular formula is C15H24N2O. The fraction of sp³-hybridized carbons (Fsp3) is 0.733. The predicted octanol–water partition coefficient (Wildman–Crippen LogP) is 2.91. The first-order chi connectivity index (χ1) is 8.92. The predicted molar refractivity (Wildman–Crippen MR) is 72.3 cm³/mol. The summed E-state index contributed by atoms with van der Waals surface area (Å²) in [7, 11) is 0. The third-order valence-electron chi connectivity index (χ3n) is 4.06.